The van der Waals surface area contributed by atoms with Crippen molar-refractivity contribution >= 4 is 39.5 Å². The number of rotatable bonds is 70. The Morgan fingerprint density at radius 3 is 0.930 bits per heavy atom. The lowest BCUT2D eigenvalue weighted by atomic mass is 10.1. The van der Waals surface area contributed by atoms with E-state index in [1.165, 1.54) is 57.8 Å². The summed E-state index contributed by atoms with van der Waals surface area (Å²) in [6.45, 7) is 4.42. The molecule has 19 heteroatoms. The zero-order valence-corrected chi connectivity index (χ0v) is 63.9. The van der Waals surface area contributed by atoms with Crippen molar-refractivity contribution in [3.63, 3.8) is 0 Å². The number of carbonyl (C=O) groups excluding carboxylic acids is 4. The molecule has 0 aliphatic heterocycles. The molecule has 0 aliphatic carbocycles. The van der Waals surface area contributed by atoms with Gasteiger partial charge in [0.05, 0.1) is 32.8 Å². The molecule has 0 rings (SSSR count). The summed E-state index contributed by atoms with van der Waals surface area (Å²) >= 11 is 0. The fourth-order valence-corrected chi connectivity index (χ4v) is 11.2. The van der Waals surface area contributed by atoms with Crippen LogP contribution in [0.5, 0.6) is 0 Å². The minimum atomic E-state index is -5.01. The molecule has 0 heterocycles. The van der Waals surface area contributed by atoms with Crippen molar-refractivity contribution < 1.29 is 80.2 Å². The molecule has 0 aliphatic rings. The fraction of sp³-hybridized carbons (Fsp3) is 0.654. The van der Waals surface area contributed by atoms with Crippen LogP contribution in [-0.2, 0) is 65.4 Å². The highest BCUT2D eigenvalue weighted by atomic mass is 31.2. The van der Waals surface area contributed by atoms with Crippen LogP contribution in [0, 0.1) is 0 Å². The quantitative estimate of drug-likeness (QED) is 0.0169. The first-order chi connectivity index (χ1) is 48.7. The second kappa shape index (κ2) is 72.3. The van der Waals surface area contributed by atoms with Crippen LogP contribution in [-0.4, -0.2) is 96.7 Å². The van der Waals surface area contributed by atoms with Crippen LogP contribution in [0.2, 0.25) is 0 Å². The summed E-state index contributed by atoms with van der Waals surface area (Å²) < 4.78 is 68.3. The van der Waals surface area contributed by atoms with Gasteiger partial charge in [-0.25, -0.2) is 9.13 Å². The minimum Gasteiger partial charge on any atom is -0.462 e. The Hall–Kier alpha value is -5.06. The lowest BCUT2D eigenvalue weighted by Crippen LogP contribution is -2.30. The summed E-state index contributed by atoms with van der Waals surface area (Å²) in [5, 5.41) is 10.6. The van der Waals surface area contributed by atoms with Gasteiger partial charge in [0.25, 0.3) is 0 Å². The Balaban J connectivity index is 5.42. The van der Waals surface area contributed by atoms with E-state index in [0.717, 1.165) is 141 Å². The first-order valence-corrected chi connectivity index (χ1v) is 41.1. The maximum atomic E-state index is 13.1. The maximum Gasteiger partial charge on any atom is 0.472 e. The van der Waals surface area contributed by atoms with Gasteiger partial charge >= 0.3 is 39.5 Å². The molecule has 0 aromatic carbocycles. The van der Waals surface area contributed by atoms with Crippen molar-refractivity contribution in [2.75, 3.05) is 39.6 Å². The van der Waals surface area contributed by atoms with Gasteiger partial charge in [-0.1, -0.05) is 276 Å². The lowest BCUT2D eigenvalue weighted by molar-refractivity contribution is -0.161. The van der Waals surface area contributed by atoms with Gasteiger partial charge in [-0.05, 0) is 128 Å². The molecule has 5 unspecified atom stereocenters. The van der Waals surface area contributed by atoms with Gasteiger partial charge in [-0.2, -0.15) is 0 Å². The molecule has 0 bridgehead atoms. The van der Waals surface area contributed by atoms with Crippen molar-refractivity contribution in [2.24, 2.45) is 0 Å². The SMILES string of the molecule is CC/C=C\C/C=C\C/C=C\C/C=C\C/C=C\CC(=O)OCC(COP(=O)(O)OCC(O)COP(=O)(O)OCC(COC(=O)CCCCCCCC/C=C\C/C=C\C/C=C\CCCCC)OC(=O)CCCCCCCCCCCCC)OC(=O)CCCC/C=C\C/C=C\C/C=C\C/C=C\CC. The summed E-state index contributed by atoms with van der Waals surface area (Å²) in [7, 11) is -10.00. The van der Waals surface area contributed by atoms with Gasteiger partial charge in [0.15, 0.2) is 12.2 Å². The molecule has 0 saturated carbocycles. The monoisotopic (exact) mass is 1440 g/mol. The van der Waals surface area contributed by atoms with Crippen molar-refractivity contribution in [3.05, 3.63) is 146 Å². The summed E-state index contributed by atoms with van der Waals surface area (Å²) in [5.74, 6) is -2.39. The molecule has 0 aromatic rings. The van der Waals surface area contributed by atoms with Crippen molar-refractivity contribution in [1.82, 2.24) is 0 Å². The first-order valence-electron chi connectivity index (χ1n) is 38.1. The molecule has 0 saturated heterocycles. The number of aliphatic hydroxyl groups is 1. The van der Waals surface area contributed by atoms with Crippen molar-refractivity contribution in [3.8, 4) is 0 Å². The van der Waals surface area contributed by atoms with Crippen LogP contribution in [0.25, 0.3) is 0 Å². The highest BCUT2D eigenvalue weighted by molar-refractivity contribution is 7.47. The average molecular weight is 1440 g/mol. The molecular weight excluding hydrogens is 1310 g/mol. The summed E-state index contributed by atoms with van der Waals surface area (Å²) in [6, 6.07) is 0. The van der Waals surface area contributed by atoms with Gasteiger partial charge in [-0.3, -0.25) is 37.3 Å². The summed E-state index contributed by atoms with van der Waals surface area (Å²) in [6.07, 6.45) is 81.6. The topological polar surface area (TPSA) is 237 Å². The zero-order valence-electron chi connectivity index (χ0n) is 62.1. The van der Waals surface area contributed by atoms with Crippen molar-refractivity contribution in [2.45, 2.75) is 303 Å². The standard InChI is InChI=1S/C81H134O17P2/c1-5-9-13-17-21-25-29-32-35-36-37-38-41-43-47-50-54-58-62-66-79(84)91-71-76(97-80(85)67-63-59-55-51-45-28-24-20-16-12-8-4)73-95-99(87,88)93-69-75(82)70-94-100(89,90)96-74-77(98-81(86)68-64-60-56-52-48-44-40-34-31-27-23-19-15-11-7-3)72-92-78(83)65-61-57-53-49-46-42-39-33-30-26-22-18-14-10-6-2/h10-11,14-15,21-23,25-27,32-35,37-40,46,48-49,52,57,61,75-77,82H,5-9,12-13,16-20,24,28-31,36,41-45,47,50-51,53-56,58-60,62-74H2,1-4H3,(H,87,88)(H,89,90)/b14-10-,15-11-,25-21-,26-22-,27-23-,35-32-,38-37-,39-33-,40-34-,49-46-,52-48-,61-57-. The third-order valence-corrected chi connectivity index (χ3v) is 17.2. The van der Waals surface area contributed by atoms with Gasteiger partial charge in [0, 0.05) is 19.3 Å². The number of esters is 4. The number of hydrogen-bond donors (Lipinski definition) is 3. The van der Waals surface area contributed by atoms with Gasteiger partial charge in [0.2, 0.25) is 0 Å². The molecule has 570 valence electrons. The van der Waals surface area contributed by atoms with E-state index in [9.17, 15) is 43.2 Å². The Morgan fingerprint density at radius 2 is 0.560 bits per heavy atom. The third-order valence-electron chi connectivity index (χ3n) is 15.3. The Labute approximate surface area is 605 Å². The van der Waals surface area contributed by atoms with Crippen LogP contribution < -0.4 is 0 Å². The van der Waals surface area contributed by atoms with Crippen molar-refractivity contribution in [1.29, 1.82) is 0 Å². The van der Waals surface area contributed by atoms with E-state index in [4.69, 9.17) is 37.0 Å². The molecular formula is C81H134O17P2. The molecule has 0 aromatic heterocycles. The van der Waals surface area contributed by atoms with E-state index in [1.54, 1.807) is 6.08 Å². The van der Waals surface area contributed by atoms with Crippen LogP contribution in [0.3, 0.4) is 0 Å². The summed E-state index contributed by atoms with van der Waals surface area (Å²) in [5.41, 5.74) is 0. The number of carbonyl (C=O) groups is 4. The van der Waals surface area contributed by atoms with E-state index in [2.05, 4.69) is 143 Å². The molecule has 0 fully saturated rings. The van der Waals surface area contributed by atoms with Gasteiger partial charge in [-0.15, -0.1) is 0 Å². The van der Waals surface area contributed by atoms with Crippen LogP contribution in [0.4, 0.5) is 0 Å². The number of phosphoric ester groups is 2. The van der Waals surface area contributed by atoms with Crippen LogP contribution >= 0.6 is 15.6 Å². The predicted molar refractivity (Wildman–Crippen MR) is 408 cm³/mol. The Kier molecular flexibility index (Phi) is 68.6. The van der Waals surface area contributed by atoms with E-state index in [-0.39, 0.29) is 25.7 Å². The fourth-order valence-electron chi connectivity index (χ4n) is 9.58. The highest BCUT2D eigenvalue weighted by Crippen LogP contribution is 2.45. The van der Waals surface area contributed by atoms with Gasteiger partial charge in [0.1, 0.15) is 19.3 Å². The van der Waals surface area contributed by atoms with Gasteiger partial charge < -0.3 is 33.8 Å². The predicted octanol–water partition coefficient (Wildman–Crippen LogP) is 21.9. The van der Waals surface area contributed by atoms with E-state index in [1.807, 2.05) is 24.3 Å². The summed E-state index contributed by atoms with van der Waals surface area (Å²) in [4.78, 5) is 72.7. The number of hydrogen-bond acceptors (Lipinski definition) is 15. The maximum absolute atomic E-state index is 13.1. The normalized spacial score (nSPS) is 14.8. The number of ether oxygens (including phenoxy) is 4. The highest BCUT2D eigenvalue weighted by Gasteiger charge is 2.30. The number of allylic oxidation sites excluding steroid dienone is 23. The van der Waals surface area contributed by atoms with Crippen LogP contribution in [0.1, 0.15) is 285 Å². The minimum absolute atomic E-state index is 0.0191. The number of phosphoric acid groups is 2. The molecule has 3 N–H and O–H groups in total. The molecule has 0 amide bonds. The largest absolute Gasteiger partial charge is 0.472 e. The molecule has 100 heavy (non-hydrogen) atoms. The zero-order chi connectivity index (χ0) is 73.2. The lowest BCUT2D eigenvalue weighted by Gasteiger charge is -2.21. The van der Waals surface area contributed by atoms with Crippen LogP contribution in [0.15, 0.2) is 146 Å². The second-order valence-electron chi connectivity index (χ2n) is 24.8. The van der Waals surface area contributed by atoms with E-state index < -0.39 is 97.5 Å². The number of aliphatic hydroxyl groups excluding tert-OH is 1. The molecule has 5 atom stereocenters. The second-order valence-corrected chi connectivity index (χ2v) is 27.8. The molecule has 0 spiro atoms. The third kappa shape index (κ3) is 71.3. The number of unbranched alkanes of at least 4 members (excludes halogenated alkanes) is 21. The molecule has 17 nitrogen and oxygen atoms in total. The average Bonchev–Trinajstić information content (AvgIpc) is 0.966. The molecule has 0 radical (unpaired) electrons. The Bertz CT molecular complexity index is 2470. The first kappa shape index (κ1) is 94.9. The Morgan fingerprint density at radius 1 is 0.300 bits per heavy atom. The van der Waals surface area contributed by atoms with E-state index in [0.29, 0.717) is 32.1 Å². The van der Waals surface area contributed by atoms with E-state index >= 15 is 0 Å². The smallest absolute Gasteiger partial charge is 0.462 e.